The van der Waals surface area contributed by atoms with Crippen LogP contribution in [0.4, 0.5) is 10.6 Å². The zero-order valence-electron chi connectivity index (χ0n) is 14.2. The van der Waals surface area contributed by atoms with Gasteiger partial charge in [-0.15, -0.1) is 0 Å². The number of fused-ring (bicyclic) bond motifs is 1. The molecule has 6 heteroatoms. The molecule has 1 amide bonds. The standard InChI is InChI=1S/C17H24BrN3O2/c1-11-13(18)9-12-5-6-17(20-14(12)19-11)7-8-21(10-17)15(22)23-16(2,3)4/h9H,5-8,10H2,1-4H3,(H,19,20). The number of rotatable bonds is 0. The van der Waals surface area contributed by atoms with Crippen LogP contribution in [-0.4, -0.2) is 40.2 Å². The van der Waals surface area contributed by atoms with E-state index in [1.165, 1.54) is 5.56 Å². The second kappa shape index (κ2) is 5.65. The fourth-order valence-electron chi connectivity index (χ4n) is 3.27. The lowest BCUT2D eigenvalue weighted by Gasteiger charge is -2.36. The molecule has 0 aliphatic carbocycles. The fraction of sp³-hybridized carbons (Fsp3) is 0.647. The van der Waals surface area contributed by atoms with E-state index in [0.29, 0.717) is 6.54 Å². The summed E-state index contributed by atoms with van der Waals surface area (Å²) >= 11 is 3.55. The molecular formula is C17H24BrN3O2. The lowest BCUT2D eigenvalue weighted by atomic mass is 9.87. The number of nitrogens with zero attached hydrogens (tertiary/aromatic N) is 2. The fourth-order valence-corrected chi connectivity index (χ4v) is 3.63. The van der Waals surface area contributed by atoms with Gasteiger partial charge in [0.05, 0.1) is 11.2 Å². The summed E-state index contributed by atoms with van der Waals surface area (Å²) in [6, 6.07) is 2.15. The SMILES string of the molecule is Cc1nc2c(cc1Br)CCC1(CCN(C(=O)OC(C)(C)C)C1)N2. The van der Waals surface area contributed by atoms with Gasteiger partial charge in [-0.1, -0.05) is 0 Å². The Balaban J connectivity index is 1.73. The van der Waals surface area contributed by atoms with Crippen molar-refractivity contribution in [3.63, 3.8) is 0 Å². The third kappa shape index (κ3) is 3.47. The molecule has 1 atom stereocenters. The predicted octanol–water partition coefficient (Wildman–Crippen LogP) is 3.89. The van der Waals surface area contributed by atoms with Crippen molar-refractivity contribution < 1.29 is 9.53 Å². The van der Waals surface area contributed by atoms with Gasteiger partial charge in [0.25, 0.3) is 0 Å². The molecule has 3 heterocycles. The van der Waals surface area contributed by atoms with E-state index in [1.807, 2.05) is 32.6 Å². The number of hydrogen-bond acceptors (Lipinski definition) is 4. The Morgan fingerprint density at radius 3 is 2.87 bits per heavy atom. The number of carbonyl (C=O) groups excluding carboxylic acids is 1. The number of ether oxygens (including phenoxy) is 1. The van der Waals surface area contributed by atoms with Gasteiger partial charge in [0.2, 0.25) is 0 Å². The van der Waals surface area contributed by atoms with Gasteiger partial charge in [0.15, 0.2) is 0 Å². The lowest BCUT2D eigenvalue weighted by molar-refractivity contribution is 0.0285. The van der Waals surface area contributed by atoms with Gasteiger partial charge in [0.1, 0.15) is 11.4 Å². The van der Waals surface area contributed by atoms with Gasteiger partial charge in [-0.25, -0.2) is 9.78 Å². The van der Waals surface area contributed by atoms with E-state index in [2.05, 4.69) is 32.3 Å². The number of nitrogens with one attached hydrogen (secondary N) is 1. The Hall–Kier alpha value is -1.30. The summed E-state index contributed by atoms with van der Waals surface area (Å²) in [4.78, 5) is 18.8. The van der Waals surface area contributed by atoms with Crippen LogP contribution in [0.25, 0.3) is 0 Å². The average molecular weight is 382 g/mol. The number of aryl methyl sites for hydroxylation is 2. The van der Waals surface area contributed by atoms with Crippen molar-refractivity contribution in [2.24, 2.45) is 0 Å². The van der Waals surface area contributed by atoms with Crippen molar-refractivity contribution in [2.45, 2.75) is 58.1 Å². The highest BCUT2D eigenvalue weighted by Gasteiger charge is 2.43. The van der Waals surface area contributed by atoms with Gasteiger partial charge < -0.3 is 15.0 Å². The first-order valence-corrected chi connectivity index (χ1v) is 8.89. The van der Waals surface area contributed by atoms with E-state index in [-0.39, 0.29) is 11.6 Å². The van der Waals surface area contributed by atoms with Gasteiger partial charge in [-0.05, 0) is 74.5 Å². The second-order valence-electron chi connectivity index (χ2n) is 7.62. The van der Waals surface area contributed by atoms with Crippen LogP contribution in [-0.2, 0) is 11.2 Å². The molecule has 3 rings (SSSR count). The van der Waals surface area contributed by atoms with Crippen LogP contribution in [0.15, 0.2) is 10.5 Å². The number of halogens is 1. The van der Waals surface area contributed by atoms with Gasteiger partial charge in [-0.3, -0.25) is 0 Å². The highest BCUT2D eigenvalue weighted by Crippen LogP contribution is 2.37. The van der Waals surface area contributed by atoms with Crippen molar-refractivity contribution in [1.82, 2.24) is 9.88 Å². The first-order valence-electron chi connectivity index (χ1n) is 8.10. The number of pyridine rings is 1. The zero-order chi connectivity index (χ0) is 16.8. The monoisotopic (exact) mass is 381 g/mol. The topological polar surface area (TPSA) is 54.5 Å². The molecule has 1 saturated heterocycles. The molecule has 0 radical (unpaired) electrons. The number of carbonyl (C=O) groups is 1. The Labute approximate surface area is 145 Å². The molecule has 126 valence electrons. The highest BCUT2D eigenvalue weighted by atomic mass is 79.9. The summed E-state index contributed by atoms with van der Waals surface area (Å²) in [5.41, 5.74) is 1.70. The third-order valence-corrected chi connectivity index (χ3v) is 5.29. The maximum atomic E-state index is 12.3. The average Bonchev–Trinajstić information content (AvgIpc) is 2.83. The Morgan fingerprint density at radius 1 is 1.43 bits per heavy atom. The van der Waals surface area contributed by atoms with Crippen molar-refractivity contribution in [1.29, 1.82) is 0 Å². The van der Waals surface area contributed by atoms with E-state index >= 15 is 0 Å². The van der Waals surface area contributed by atoms with Crippen LogP contribution in [0.2, 0.25) is 0 Å². The normalized spacial score (nSPS) is 23.6. The van der Waals surface area contributed by atoms with Crippen LogP contribution in [0.3, 0.4) is 0 Å². The molecule has 1 unspecified atom stereocenters. The molecule has 5 nitrogen and oxygen atoms in total. The van der Waals surface area contributed by atoms with Crippen molar-refractivity contribution in [3.8, 4) is 0 Å². The van der Waals surface area contributed by atoms with Crippen LogP contribution in [0, 0.1) is 6.92 Å². The molecule has 0 aromatic carbocycles. The largest absolute Gasteiger partial charge is 0.444 e. The van der Waals surface area contributed by atoms with Crippen molar-refractivity contribution in [3.05, 3.63) is 21.8 Å². The van der Waals surface area contributed by atoms with E-state index in [0.717, 1.165) is 41.8 Å². The van der Waals surface area contributed by atoms with Gasteiger partial charge in [0, 0.05) is 17.6 Å². The number of anilines is 1. The minimum Gasteiger partial charge on any atom is -0.444 e. The van der Waals surface area contributed by atoms with Crippen LogP contribution >= 0.6 is 15.9 Å². The number of amides is 1. The Bertz CT molecular complexity index is 641. The highest BCUT2D eigenvalue weighted by molar-refractivity contribution is 9.10. The first kappa shape index (κ1) is 16.6. The Morgan fingerprint density at radius 2 is 2.17 bits per heavy atom. The minimum absolute atomic E-state index is 0.0722. The molecule has 1 N–H and O–H groups in total. The Kier molecular flexibility index (Phi) is 4.07. The molecule has 2 aliphatic rings. The summed E-state index contributed by atoms with van der Waals surface area (Å²) in [6.07, 6.45) is 2.71. The molecule has 1 fully saturated rings. The molecule has 1 aromatic heterocycles. The van der Waals surface area contributed by atoms with E-state index in [9.17, 15) is 4.79 Å². The van der Waals surface area contributed by atoms with Crippen LogP contribution < -0.4 is 5.32 Å². The van der Waals surface area contributed by atoms with E-state index < -0.39 is 5.60 Å². The maximum absolute atomic E-state index is 12.3. The second-order valence-corrected chi connectivity index (χ2v) is 8.47. The summed E-state index contributed by atoms with van der Waals surface area (Å²) in [5.74, 6) is 0.961. The predicted molar refractivity (Wildman–Crippen MR) is 93.8 cm³/mol. The number of hydrogen-bond donors (Lipinski definition) is 1. The number of likely N-dealkylation sites (tertiary alicyclic amines) is 1. The lowest BCUT2D eigenvalue weighted by Crippen LogP contribution is -2.46. The van der Waals surface area contributed by atoms with Crippen LogP contribution in [0.5, 0.6) is 0 Å². The molecule has 0 saturated carbocycles. The van der Waals surface area contributed by atoms with Crippen LogP contribution in [0.1, 0.15) is 44.9 Å². The number of aromatic nitrogens is 1. The molecule has 1 spiro atoms. The molecule has 0 bridgehead atoms. The smallest absolute Gasteiger partial charge is 0.410 e. The van der Waals surface area contributed by atoms with Gasteiger partial charge in [-0.2, -0.15) is 0 Å². The summed E-state index contributed by atoms with van der Waals surface area (Å²) < 4.78 is 6.55. The molecule has 23 heavy (non-hydrogen) atoms. The van der Waals surface area contributed by atoms with Gasteiger partial charge >= 0.3 is 6.09 Å². The summed E-state index contributed by atoms with van der Waals surface area (Å²) in [7, 11) is 0. The van der Waals surface area contributed by atoms with Crippen molar-refractivity contribution in [2.75, 3.05) is 18.4 Å². The molecule has 1 aromatic rings. The first-order chi connectivity index (χ1) is 10.7. The quantitative estimate of drug-likeness (QED) is 0.740. The molecular weight excluding hydrogens is 358 g/mol. The third-order valence-electron chi connectivity index (χ3n) is 4.49. The minimum atomic E-state index is -0.454. The van der Waals surface area contributed by atoms with Crippen molar-refractivity contribution >= 4 is 27.8 Å². The van der Waals surface area contributed by atoms with E-state index in [1.54, 1.807) is 0 Å². The van der Waals surface area contributed by atoms with E-state index in [4.69, 9.17) is 4.74 Å². The molecule has 2 aliphatic heterocycles. The summed E-state index contributed by atoms with van der Waals surface area (Å²) in [6.45, 7) is 9.10. The maximum Gasteiger partial charge on any atom is 0.410 e. The summed E-state index contributed by atoms with van der Waals surface area (Å²) in [5, 5.41) is 3.61. The zero-order valence-corrected chi connectivity index (χ0v) is 15.8.